The van der Waals surface area contributed by atoms with Crippen molar-refractivity contribution >= 4 is 34.6 Å². The second-order valence-electron chi connectivity index (χ2n) is 5.46. The van der Waals surface area contributed by atoms with Crippen LogP contribution in [0, 0.1) is 0 Å². The molecule has 0 spiro atoms. The maximum Gasteiger partial charge on any atom is 0.0829 e. The molecule has 1 atom stereocenters. The lowest BCUT2D eigenvalue weighted by atomic mass is 9.91. The molecule has 2 aromatic carbocycles. The lowest BCUT2D eigenvalue weighted by Gasteiger charge is -2.32. The zero-order chi connectivity index (χ0) is 14.1. The van der Waals surface area contributed by atoms with E-state index in [1.165, 1.54) is 22.4 Å². The predicted molar refractivity (Wildman–Crippen MR) is 95.2 cm³/mol. The largest absolute Gasteiger partial charge is 0.303 e. The first kappa shape index (κ1) is 13.7. The molecule has 2 heteroatoms. The Hall–Kier alpha value is -1.29. The van der Waals surface area contributed by atoms with Crippen LogP contribution in [-0.4, -0.2) is 0 Å². The van der Waals surface area contributed by atoms with E-state index in [2.05, 4.69) is 101 Å². The van der Waals surface area contributed by atoms with Gasteiger partial charge in [0.2, 0.25) is 0 Å². The molecule has 1 heterocycles. The van der Waals surface area contributed by atoms with Crippen molar-refractivity contribution in [2.45, 2.75) is 25.8 Å². The van der Waals surface area contributed by atoms with Crippen LogP contribution in [-0.2, 0) is 0 Å². The fourth-order valence-electron chi connectivity index (χ4n) is 2.78. The molecule has 20 heavy (non-hydrogen) atoms. The van der Waals surface area contributed by atoms with E-state index in [4.69, 9.17) is 0 Å². The Morgan fingerprint density at radius 3 is 2.50 bits per heavy atom. The summed E-state index contributed by atoms with van der Waals surface area (Å²) in [4.78, 5) is 0. The summed E-state index contributed by atoms with van der Waals surface area (Å²) < 4.78 is 2.34. The normalized spacial score (nSPS) is 17.4. The standard InChI is InChI=1S/C18H18IN/c1-13(2)15-8-4-5-9-16(15)18-12-11-14-7-3-6-10-17(14)20(18)19/h3-13,18H,1-2H3. The molecule has 0 amide bonds. The highest BCUT2D eigenvalue weighted by molar-refractivity contribution is 14.1. The Morgan fingerprint density at radius 2 is 1.70 bits per heavy atom. The molecule has 0 saturated heterocycles. The number of halogens is 1. The SMILES string of the molecule is CC(C)c1ccccc1C1C=Cc2ccccc2N1I. The zero-order valence-corrected chi connectivity index (χ0v) is 13.9. The Kier molecular flexibility index (Phi) is 3.83. The van der Waals surface area contributed by atoms with Gasteiger partial charge in [0.15, 0.2) is 0 Å². The quantitative estimate of drug-likeness (QED) is 0.478. The molecule has 2 aromatic rings. The first-order chi connectivity index (χ1) is 9.68. The van der Waals surface area contributed by atoms with E-state index in [0.29, 0.717) is 12.0 Å². The summed E-state index contributed by atoms with van der Waals surface area (Å²) >= 11 is 2.44. The maximum absolute atomic E-state index is 2.44. The van der Waals surface area contributed by atoms with Crippen LogP contribution < -0.4 is 3.11 Å². The highest BCUT2D eigenvalue weighted by Gasteiger charge is 2.24. The van der Waals surface area contributed by atoms with Gasteiger partial charge >= 0.3 is 0 Å². The molecular formula is C18H18IN. The molecule has 1 unspecified atom stereocenters. The number of hydrogen-bond donors (Lipinski definition) is 0. The number of hydrogen-bond acceptors (Lipinski definition) is 1. The van der Waals surface area contributed by atoms with E-state index in [1.807, 2.05) is 0 Å². The van der Waals surface area contributed by atoms with Crippen molar-refractivity contribution in [1.29, 1.82) is 0 Å². The summed E-state index contributed by atoms with van der Waals surface area (Å²) in [7, 11) is 0. The molecule has 102 valence electrons. The smallest absolute Gasteiger partial charge is 0.0829 e. The summed E-state index contributed by atoms with van der Waals surface area (Å²) in [6.07, 6.45) is 4.54. The first-order valence-corrected chi connectivity index (χ1v) is 7.96. The third kappa shape index (κ3) is 2.37. The van der Waals surface area contributed by atoms with Crippen LogP contribution >= 0.6 is 22.9 Å². The van der Waals surface area contributed by atoms with E-state index in [1.54, 1.807) is 0 Å². The van der Waals surface area contributed by atoms with Gasteiger partial charge < -0.3 is 3.11 Å². The predicted octanol–water partition coefficient (Wildman–Crippen LogP) is 5.73. The zero-order valence-electron chi connectivity index (χ0n) is 11.8. The molecule has 0 N–H and O–H groups in total. The van der Waals surface area contributed by atoms with Crippen LogP contribution in [0.3, 0.4) is 0 Å². The summed E-state index contributed by atoms with van der Waals surface area (Å²) in [5.41, 5.74) is 5.42. The van der Waals surface area contributed by atoms with E-state index >= 15 is 0 Å². The molecule has 1 aliphatic heterocycles. The fourth-order valence-corrected chi connectivity index (χ4v) is 3.70. The molecule has 0 radical (unpaired) electrons. The van der Waals surface area contributed by atoms with Gasteiger partial charge in [-0.15, -0.1) is 0 Å². The van der Waals surface area contributed by atoms with Crippen LogP contribution in [0.2, 0.25) is 0 Å². The fraction of sp³-hybridized carbons (Fsp3) is 0.222. The number of rotatable bonds is 2. The van der Waals surface area contributed by atoms with Gasteiger partial charge in [-0.1, -0.05) is 68.5 Å². The Morgan fingerprint density at radius 1 is 1.00 bits per heavy atom. The molecule has 3 rings (SSSR count). The number of para-hydroxylation sites is 1. The topological polar surface area (TPSA) is 3.24 Å². The van der Waals surface area contributed by atoms with Crippen LogP contribution in [0.5, 0.6) is 0 Å². The van der Waals surface area contributed by atoms with Gasteiger partial charge in [-0.3, -0.25) is 0 Å². The minimum absolute atomic E-state index is 0.309. The van der Waals surface area contributed by atoms with E-state index in [9.17, 15) is 0 Å². The van der Waals surface area contributed by atoms with E-state index < -0.39 is 0 Å². The minimum Gasteiger partial charge on any atom is -0.303 e. The molecule has 0 saturated carbocycles. The van der Waals surface area contributed by atoms with Crippen molar-refractivity contribution in [1.82, 2.24) is 0 Å². The van der Waals surface area contributed by atoms with Crippen molar-refractivity contribution in [3.8, 4) is 0 Å². The average molecular weight is 375 g/mol. The lowest BCUT2D eigenvalue weighted by molar-refractivity contribution is 0.814. The van der Waals surface area contributed by atoms with Gasteiger partial charge in [-0.25, -0.2) is 0 Å². The molecule has 0 aliphatic carbocycles. The second kappa shape index (κ2) is 5.60. The van der Waals surface area contributed by atoms with Crippen LogP contribution in [0.1, 0.15) is 42.5 Å². The van der Waals surface area contributed by atoms with Gasteiger partial charge in [-0.05, 0) is 28.7 Å². The van der Waals surface area contributed by atoms with Gasteiger partial charge in [0.1, 0.15) is 0 Å². The van der Waals surface area contributed by atoms with Crippen molar-refractivity contribution in [2.75, 3.05) is 3.11 Å². The summed E-state index contributed by atoms with van der Waals surface area (Å²) in [5, 5.41) is 0. The second-order valence-corrected chi connectivity index (χ2v) is 6.50. The van der Waals surface area contributed by atoms with Crippen molar-refractivity contribution in [2.24, 2.45) is 0 Å². The summed E-state index contributed by atoms with van der Waals surface area (Å²) in [6.45, 7) is 4.52. The number of fused-ring (bicyclic) bond motifs is 1. The average Bonchev–Trinajstić information content (AvgIpc) is 2.48. The van der Waals surface area contributed by atoms with Crippen molar-refractivity contribution in [3.63, 3.8) is 0 Å². The van der Waals surface area contributed by atoms with Crippen molar-refractivity contribution in [3.05, 3.63) is 71.3 Å². The molecular weight excluding hydrogens is 357 g/mol. The van der Waals surface area contributed by atoms with E-state index in [0.717, 1.165) is 0 Å². The summed E-state index contributed by atoms with van der Waals surface area (Å²) in [6, 6.07) is 17.6. The number of nitrogens with zero attached hydrogens (tertiary/aromatic N) is 1. The van der Waals surface area contributed by atoms with Gasteiger partial charge in [0.25, 0.3) is 0 Å². The number of anilines is 1. The lowest BCUT2D eigenvalue weighted by Crippen LogP contribution is -2.21. The highest BCUT2D eigenvalue weighted by atomic mass is 127. The highest BCUT2D eigenvalue weighted by Crippen LogP contribution is 2.40. The Bertz CT molecular complexity index is 645. The third-order valence-corrected chi connectivity index (χ3v) is 4.93. The number of benzene rings is 2. The maximum atomic E-state index is 2.44. The molecule has 1 aliphatic rings. The third-order valence-electron chi connectivity index (χ3n) is 3.81. The molecule has 0 aromatic heterocycles. The van der Waals surface area contributed by atoms with Crippen molar-refractivity contribution < 1.29 is 0 Å². The van der Waals surface area contributed by atoms with Crippen LogP contribution in [0.15, 0.2) is 54.6 Å². The monoisotopic (exact) mass is 375 g/mol. The first-order valence-electron chi connectivity index (χ1n) is 6.99. The van der Waals surface area contributed by atoms with Gasteiger partial charge in [0, 0.05) is 0 Å². The Balaban J connectivity index is 2.06. The molecule has 0 fully saturated rings. The van der Waals surface area contributed by atoms with Gasteiger partial charge in [0.05, 0.1) is 34.6 Å². The van der Waals surface area contributed by atoms with Crippen LogP contribution in [0.4, 0.5) is 5.69 Å². The Labute approximate surface area is 134 Å². The molecule has 0 bridgehead atoms. The summed E-state index contributed by atoms with van der Waals surface area (Å²) in [5.74, 6) is 0.543. The minimum atomic E-state index is 0.309. The van der Waals surface area contributed by atoms with E-state index in [-0.39, 0.29) is 0 Å². The van der Waals surface area contributed by atoms with Crippen LogP contribution in [0.25, 0.3) is 6.08 Å². The molecule has 1 nitrogen and oxygen atoms in total. The van der Waals surface area contributed by atoms with Gasteiger partial charge in [-0.2, -0.15) is 0 Å².